The summed E-state index contributed by atoms with van der Waals surface area (Å²) in [6, 6.07) is 0. The van der Waals surface area contributed by atoms with Gasteiger partial charge < -0.3 is 0 Å². The second-order valence-corrected chi connectivity index (χ2v) is 1.51. The highest BCUT2D eigenvalue weighted by Crippen LogP contribution is 1.79. The first-order valence-electron chi connectivity index (χ1n) is 3.03. The maximum absolute atomic E-state index is 8.15. The molecule has 0 bridgehead atoms. The van der Waals surface area contributed by atoms with Gasteiger partial charge in [-0.25, -0.2) is 0 Å². The van der Waals surface area contributed by atoms with Gasteiger partial charge in [-0.05, 0) is 6.92 Å². The van der Waals surface area contributed by atoms with E-state index in [1.165, 1.54) is 0 Å². The molecule has 0 unspecified atom stereocenters. The number of rotatable bonds is 2. The first-order chi connectivity index (χ1) is 4.35. The van der Waals surface area contributed by atoms with E-state index in [9.17, 15) is 0 Å². The molecule has 0 aliphatic rings. The maximum atomic E-state index is 8.15. The SMILES string of the molecule is CCN=C(CC)NC#N. The van der Waals surface area contributed by atoms with Crippen molar-refractivity contribution in [1.82, 2.24) is 5.32 Å². The van der Waals surface area contributed by atoms with Crippen LogP contribution in [0.5, 0.6) is 0 Å². The second kappa shape index (κ2) is 5.10. The molecule has 9 heavy (non-hydrogen) atoms. The minimum absolute atomic E-state index is 0.734. The Kier molecular flexibility index (Phi) is 4.51. The van der Waals surface area contributed by atoms with Gasteiger partial charge in [-0.2, -0.15) is 5.26 Å². The lowest BCUT2D eigenvalue weighted by Gasteiger charge is -1.95. The highest BCUT2D eigenvalue weighted by atomic mass is 15.0. The van der Waals surface area contributed by atoms with Crippen molar-refractivity contribution >= 4 is 5.84 Å². The largest absolute Gasteiger partial charge is 0.281 e. The maximum Gasteiger partial charge on any atom is 0.182 e. The molecule has 0 heterocycles. The fourth-order valence-electron chi connectivity index (χ4n) is 0.495. The second-order valence-electron chi connectivity index (χ2n) is 1.51. The van der Waals surface area contributed by atoms with Crippen LogP contribution >= 0.6 is 0 Å². The number of hydrogen-bond acceptors (Lipinski definition) is 2. The number of nitrogens with one attached hydrogen (secondary N) is 1. The molecular formula is C6H11N3. The third-order valence-corrected chi connectivity index (χ3v) is 0.884. The molecule has 3 heteroatoms. The first-order valence-corrected chi connectivity index (χ1v) is 3.03. The molecule has 3 nitrogen and oxygen atoms in total. The highest BCUT2D eigenvalue weighted by Gasteiger charge is 1.88. The average molecular weight is 125 g/mol. The third kappa shape index (κ3) is 3.53. The van der Waals surface area contributed by atoms with E-state index in [-0.39, 0.29) is 0 Å². The van der Waals surface area contributed by atoms with Crippen molar-refractivity contribution in [2.24, 2.45) is 4.99 Å². The topological polar surface area (TPSA) is 48.2 Å². The predicted octanol–water partition coefficient (Wildman–Crippen LogP) is 0.885. The van der Waals surface area contributed by atoms with E-state index < -0.39 is 0 Å². The number of nitriles is 1. The lowest BCUT2D eigenvalue weighted by molar-refractivity contribution is 1.05. The molecule has 0 saturated heterocycles. The summed E-state index contributed by atoms with van der Waals surface area (Å²) in [5.74, 6) is 0.764. The van der Waals surface area contributed by atoms with Crippen LogP contribution in [0.2, 0.25) is 0 Å². The van der Waals surface area contributed by atoms with Crippen LogP contribution in [0.25, 0.3) is 0 Å². The lowest BCUT2D eigenvalue weighted by Crippen LogP contribution is -2.16. The van der Waals surface area contributed by atoms with Crippen LogP contribution in [0.15, 0.2) is 4.99 Å². The van der Waals surface area contributed by atoms with Crippen LogP contribution in [0.4, 0.5) is 0 Å². The smallest absolute Gasteiger partial charge is 0.182 e. The Morgan fingerprint density at radius 1 is 1.67 bits per heavy atom. The molecule has 0 aromatic rings. The zero-order valence-electron chi connectivity index (χ0n) is 5.81. The first kappa shape index (κ1) is 7.96. The summed E-state index contributed by atoms with van der Waals surface area (Å²) >= 11 is 0. The molecular weight excluding hydrogens is 114 g/mol. The van der Waals surface area contributed by atoms with Crippen molar-refractivity contribution < 1.29 is 0 Å². The van der Waals surface area contributed by atoms with E-state index in [0.29, 0.717) is 0 Å². The molecule has 0 aliphatic heterocycles. The van der Waals surface area contributed by atoms with Gasteiger partial charge in [0.05, 0.1) is 0 Å². The summed E-state index contributed by atoms with van der Waals surface area (Å²) < 4.78 is 0. The molecule has 1 N–H and O–H groups in total. The summed E-state index contributed by atoms with van der Waals surface area (Å²) in [4.78, 5) is 4.02. The normalized spacial score (nSPS) is 10.6. The van der Waals surface area contributed by atoms with Gasteiger partial charge in [-0.1, -0.05) is 6.92 Å². The molecule has 0 radical (unpaired) electrons. The summed E-state index contributed by atoms with van der Waals surface area (Å²) in [5.41, 5.74) is 0. The minimum atomic E-state index is 0.734. The van der Waals surface area contributed by atoms with E-state index in [1.807, 2.05) is 20.0 Å². The monoisotopic (exact) mass is 125 g/mol. The van der Waals surface area contributed by atoms with Crippen molar-refractivity contribution in [3.8, 4) is 6.19 Å². The molecule has 0 aromatic heterocycles. The zero-order valence-corrected chi connectivity index (χ0v) is 5.81. The molecule has 0 fully saturated rings. The van der Waals surface area contributed by atoms with Crippen LogP contribution in [-0.2, 0) is 0 Å². The Hall–Kier alpha value is -1.04. The van der Waals surface area contributed by atoms with Gasteiger partial charge in [0.25, 0.3) is 0 Å². The Labute approximate surface area is 55.4 Å². The minimum Gasteiger partial charge on any atom is -0.281 e. The molecule has 0 atom stereocenters. The van der Waals surface area contributed by atoms with Gasteiger partial charge in [0.2, 0.25) is 0 Å². The standard InChI is InChI=1S/C6H11N3/c1-3-6(8-4-2)9-5-7/h3-4H2,1-2H3,(H,8,9). The van der Waals surface area contributed by atoms with E-state index in [0.717, 1.165) is 18.8 Å². The summed E-state index contributed by atoms with van der Waals surface area (Å²) in [6.45, 7) is 4.63. The molecule has 0 amide bonds. The van der Waals surface area contributed by atoms with Gasteiger partial charge in [-0.15, -0.1) is 0 Å². The Bertz CT molecular complexity index is 132. The number of hydrogen-bond donors (Lipinski definition) is 1. The number of aliphatic imine (C=N–C) groups is 1. The zero-order chi connectivity index (χ0) is 7.11. The Morgan fingerprint density at radius 3 is 2.67 bits per heavy atom. The lowest BCUT2D eigenvalue weighted by atomic mass is 10.4. The van der Waals surface area contributed by atoms with Crippen molar-refractivity contribution in [1.29, 1.82) is 5.26 Å². The summed E-state index contributed by atoms with van der Waals surface area (Å²) in [7, 11) is 0. The third-order valence-electron chi connectivity index (χ3n) is 0.884. The average Bonchev–Trinajstić information content (AvgIpc) is 1.88. The van der Waals surface area contributed by atoms with E-state index in [1.54, 1.807) is 0 Å². The van der Waals surface area contributed by atoms with E-state index >= 15 is 0 Å². The predicted molar refractivity (Wildman–Crippen MR) is 37.0 cm³/mol. The van der Waals surface area contributed by atoms with Gasteiger partial charge in [-0.3, -0.25) is 10.3 Å². The van der Waals surface area contributed by atoms with Gasteiger partial charge in [0.1, 0.15) is 5.84 Å². The van der Waals surface area contributed by atoms with Crippen molar-refractivity contribution in [2.75, 3.05) is 6.54 Å². The molecule has 50 valence electrons. The fourth-order valence-corrected chi connectivity index (χ4v) is 0.495. The molecule has 0 aromatic carbocycles. The Balaban J connectivity index is 3.70. The van der Waals surface area contributed by atoms with Gasteiger partial charge in [0.15, 0.2) is 6.19 Å². The van der Waals surface area contributed by atoms with Crippen LogP contribution in [0.1, 0.15) is 20.3 Å². The molecule has 0 saturated carbocycles. The van der Waals surface area contributed by atoms with Gasteiger partial charge >= 0.3 is 0 Å². The van der Waals surface area contributed by atoms with Crippen molar-refractivity contribution in [3.63, 3.8) is 0 Å². The quantitative estimate of drug-likeness (QED) is 0.258. The Morgan fingerprint density at radius 2 is 2.33 bits per heavy atom. The number of amidine groups is 1. The summed E-state index contributed by atoms with van der Waals surface area (Å²) in [6.07, 6.45) is 2.62. The highest BCUT2D eigenvalue weighted by molar-refractivity contribution is 5.83. The van der Waals surface area contributed by atoms with Crippen LogP contribution in [0, 0.1) is 11.5 Å². The van der Waals surface area contributed by atoms with E-state index in [4.69, 9.17) is 5.26 Å². The molecule has 0 aliphatic carbocycles. The van der Waals surface area contributed by atoms with Crippen molar-refractivity contribution in [2.45, 2.75) is 20.3 Å². The van der Waals surface area contributed by atoms with Crippen LogP contribution < -0.4 is 5.32 Å². The van der Waals surface area contributed by atoms with Crippen LogP contribution in [-0.4, -0.2) is 12.4 Å². The molecule has 0 spiro atoms. The molecule has 0 rings (SSSR count). The van der Waals surface area contributed by atoms with Crippen molar-refractivity contribution in [3.05, 3.63) is 0 Å². The summed E-state index contributed by atoms with van der Waals surface area (Å²) in [5, 5.41) is 10.6. The number of nitrogens with zero attached hydrogens (tertiary/aromatic N) is 2. The van der Waals surface area contributed by atoms with E-state index in [2.05, 4.69) is 10.3 Å². The van der Waals surface area contributed by atoms with Crippen LogP contribution in [0.3, 0.4) is 0 Å². The van der Waals surface area contributed by atoms with Gasteiger partial charge in [0, 0.05) is 13.0 Å². The fraction of sp³-hybridized carbons (Fsp3) is 0.667.